The molecule has 1 aliphatic heterocycles. The van der Waals surface area contributed by atoms with Crippen molar-refractivity contribution in [3.63, 3.8) is 0 Å². The lowest BCUT2D eigenvalue weighted by atomic mass is 10.0. The summed E-state index contributed by atoms with van der Waals surface area (Å²) >= 11 is 0. The molecule has 2 aromatic carbocycles. The number of likely N-dealkylation sites (tertiary alicyclic amines) is 1. The minimum Gasteiger partial charge on any atom is -0.342 e. The molecule has 6 heteroatoms. The van der Waals surface area contributed by atoms with Crippen LogP contribution in [0.1, 0.15) is 19.3 Å². The van der Waals surface area contributed by atoms with Crippen LogP contribution < -0.4 is 5.69 Å². The first kappa shape index (κ1) is 17.9. The fraction of sp³-hybridized carbons (Fsp3) is 0.348. The largest absolute Gasteiger partial charge is 0.343 e. The lowest BCUT2D eigenvalue weighted by molar-refractivity contribution is -0.131. The second-order valence-corrected chi connectivity index (χ2v) is 8.12. The van der Waals surface area contributed by atoms with Gasteiger partial charge in [0.2, 0.25) is 5.91 Å². The van der Waals surface area contributed by atoms with Crippen LogP contribution in [-0.2, 0) is 11.3 Å². The summed E-state index contributed by atoms with van der Waals surface area (Å²) in [5, 5.41) is 6.86. The molecule has 0 spiro atoms. The highest BCUT2D eigenvalue weighted by Gasteiger charge is 2.36. The van der Waals surface area contributed by atoms with Crippen LogP contribution in [0.5, 0.6) is 0 Å². The zero-order valence-corrected chi connectivity index (χ0v) is 16.3. The Kier molecular flexibility index (Phi) is 4.54. The molecule has 1 saturated carbocycles. The van der Waals surface area contributed by atoms with Crippen LogP contribution >= 0.6 is 0 Å². The summed E-state index contributed by atoms with van der Waals surface area (Å²) in [5.74, 6) is 1.49. The van der Waals surface area contributed by atoms with Gasteiger partial charge in [-0.2, -0.15) is 5.10 Å². The van der Waals surface area contributed by atoms with Gasteiger partial charge < -0.3 is 4.90 Å². The van der Waals surface area contributed by atoms with E-state index in [0.717, 1.165) is 49.0 Å². The van der Waals surface area contributed by atoms with E-state index in [2.05, 4.69) is 34.5 Å². The van der Waals surface area contributed by atoms with Crippen molar-refractivity contribution in [2.45, 2.75) is 25.8 Å². The van der Waals surface area contributed by atoms with E-state index in [-0.39, 0.29) is 17.5 Å². The predicted molar refractivity (Wildman–Crippen MR) is 111 cm³/mol. The summed E-state index contributed by atoms with van der Waals surface area (Å²) in [6.07, 6.45) is 3.00. The van der Waals surface area contributed by atoms with Crippen molar-refractivity contribution in [3.8, 4) is 22.5 Å². The maximum absolute atomic E-state index is 12.4. The third-order valence-electron chi connectivity index (χ3n) is 5.97. The van der Waals surface area contributed by atoms with Gasteiger partial charge in [-0.3, -0.25) is 9.36 Å². The van der Waals surface area contributed by atoms with Crippen LogP contribution in [0.4, 0.5) is 0 Å². The van der Waals surface area contributed by atoms with Crippen molar-refractivity contribution in [1.29, 1.82) is 0 Å². The monoisotopic (exact) mass is 388 g/mol. The summed E-state index contributed by atoms with van der Waals surface area (Å²) in [4.78, 5) is 26.7. The Balaban J connectivity index is 1.34. The molecule has 2 fully saturated rings. The fourth-order valence-electron chi connectivity index (χ4n) is 4.18. The van der Waals surface area contributed by atoms with Gasteiger partial charge in [0.1, 0.15) is 0 Å². The average Bonchev–Trinajstić information content (AvgIpc) is 3.41. The Morgan fingerprint density at radius 1 is 0.966 bits per heavy atom. The molecule has 0 bridgehead atoms. The number of nitrogens with zero attached hydrogens (tertiary/aromatic N) is 3. The number of nitrogens with one attached hydrogen (secondary N) is 1. The number of aromatic nitrogens is 3. The smallest absolute Gasteiger partial charge is 0.342 e. The Hall–Kier alpha value is -3.15. The number of rotatable bonds is 5. The number of carbonyl (C=O) groups is 1. The molecule has 0 unspecified atom stereocenters. The van der Waals surface area contributed by atoms with Crippen LogP contribution in [0.25, 0.3) is 22.5 Å². The Morgan fingerprint density at radius 3 is 2.38 bits per heavy atom. The number of H-pyrrole nitrogens is 1. The standard InChI is InChI=1S/C23H24N4O2/c28-22(20-10-11-20)26-13-12-16(14-26)15-27-21(24-25-23(27)29)19-8-6-18(7-9-19)17-4-2-1-3-5-17/h1-9,16,20H,10-15H2,(H,25,29)/t16-/m1/s1. The Labute approximate surface area is 169 Å². The molecule has 1 saturated heterocycles. The number of hydrogen-bond donors (Lipinski definition) is 1. The van der Waals surface area contributed by atoms with Gasteiger partial charge in [-0.25, -0.2) is 9.89 Å². The van der Waals surface area contributed by atoms with Crippen molar-refractivity contribution < 1.29 is 4.79 Å². The van der Waals surface area contributed by atoms with Crippen LogP contribution in [0.3, 0.4) is 0 Å². The van der Waals surface area contributed by atoms with Crippen LogP contribution in [0.15, 0.2) is 59.4 Å². The van der Waals surface area contributed by atoms with Gasteiger partial charge in [0.05, 0.1) is 0 Å². The maximum Gasteiger partial charge on any atom is 0.343 e. The number of hydrogen-bond acceptors (Lipinski definition) is 3. The molecule has 2 aliphatic rings. The van der Waals surface area contributed by atoms with Gasteiger partial charge in [-0.1, -0.05) is 54.6 Å². The number of aromatic amines is 1. The molecule has 148 valence electrons. The average molecular weight is 388 g/mol. The summed E-state index contributed by atoms with van der Waals surface area (Å²) < 4.78 is 1.72. The predicted octanol–water partition coefficient (Wildman–Crippen LogP) is 3.16. The minimum absolute atomic E-state index is 0.195. The molecule has 3 aromatic rings. The minimum atomic E-state index is -0.195. The lowest BCUT2D eigenvalue weighted by Gasteiger charge is -2.16. The summed E-state index contributed by atoms with van der Waals surface area (Å²) in [6.45, 7) is 2.12. The van der Waals surface area contributed by atoms with Crippen molar-refractivity contribution in [2.24, 2.45) is 11.8 Å². The first-order valence-electron chi connectivity index (χ1n) is 10.3. The van der Waals surface area contributed by atoms with E-state index >= 15 is 0 Å². The van der Waals surface area contributed by atoms with E-state index < -0.39 is 0 Å². The second-order valence-electron chi connectivity index (χ2n) is 8.12. The molecule has 6 nitrogen and oxygen atoms in total. The van der Waals surface area contributed by atoms with Crippen LogP contribution in [0, 0.1) is 11.8 Å². The molecular formula is C23H24N4O2. The van der Waals surface area contributed by atoms with Gasteiger partial charge in [-0.15, -0.1) is 0 Å². The van der Waals surface area contributed by atoms with Gasteiger partial charge in [0.15, 0.2) is 5.82 Å². The van der Waals surface area contributed by atoms with E-state index in [0.29, 0.717) is 18.3 Å². The maximum atomic E-state index is 12.4. The molecule has 2 heterocycles. The van der Waals surface area contributed by atoms with E-state index in [1.165, 1.54) is 0 Å². The molecule has 1 atom stereocenters. The highest BCUT2D eigenvalue weighted by Crippen LogP contribution is 2.33. The van der Waals surface area contributed by atoms with Crippen molar-refractivity contribution >= 4 is 5.91 Å². The van der Waals surface area contributed by atoms with Crippen LogP contribution in [-0.4, -0.2) is 38.7 Å². The van der Waals surface area contributed by atoms with Gasteiger partial charge in [0.25, 0.3) is 0 Å². The second kappa shape index (κ2) is 7.35. The number of benzene rings is 2. The first-order valence-corrected chi connectivity index (χ1v) is 10.3. The Morgan fingerprint density at radius 2 is 1.66 bits per heavy atom. The van der Waals surface area contributed by atoms with Crippen molar-refractivity contribution in [2.75, 3.05) is 13.1 Å². The lowest BCUT2D eigenvalue weighted by Crippen LogP contribution is -2.31. The SMILES string of the molecule is O=C(C1CC1)N1CC[C@@H](Cn2c(-c3ccc(-c4ccccc4)cc3)n[nH]c2=O)C1. The zero-order chi connectivity index (χ0) is 19.8. The molecule has 1 N–H and O–H groups in total. The Bertz CT molecular complexity index is 1060. The first-order chi connectivity index (χ1) is 14.2. The van der Waals surface area contributed by atoms with Crippen LogP contribution in [0.2, 0.25) is 0 Å². The molecule has 1 aliphatic carbocycles. The molecule has 29 heavy (non-hydrogen) atoms. The van der Waals surface area contributed by atoms with E-state index in [9.17, 15) is 9.59 Å². The van der Waals surface area contributed by atoms with Crippen molar-refractivity contribution in [3.05, 3.63) is 65.1 Å². The molecule has 1 amide bonds. The van der Waals surface area contributed by atoms with Crippen molar-refractivity contribution in [1.82, 2.24) is 19.7 Å². The molecular weight excluding hydrogens is 364 g/mol. The van der Waals surface area contributed by atoms with Gasteiger partial charge >= 0.3 is 5.69 Å². The van der Waals surface area contributed by atoms with E-state index in [1.807, 2.05) is 35.2 Å². The fourth-order valence-corrected chi connectivity index (χ4v) is 4.18. The van der Waals surface area contributed by atoms with E-state index in [1.54, 1.807) is 4.57 Å². The van der Waals surface area contributed by atoms with Gasteiger partial charge in [-0.05, 0) is 36.3 Å². The molecule has 0 radical (unpaired) electrons. The third kappa shape index (κ3) is 3.62. The summed E-state index contributed by atoms with van der Waals surface area (Å²) in [7, 11) is 0. The molecule has 1 aromatic heterocycles. The zero-order valence-electron chi connectivity index (χ0n) is 16.3. The van der Waals surface area contributed by atoms with E-state index in [4.69, 9.17) is 0 Å². The highest BCUT2D eigenvalue weighted by atomic mass is 16.2. The summed E-state index contributed by atoms with van der Waals surface area (Å²) in [6, 6.07) is 18.3. The normalized spacial score (nSPS) is 18.9. The topological polar surface area (TPSA) is 71.0 Å². The van der Waals surface area contributed by atoms with Gasteiger partial charge in [0, 0.05) is 31.1 Å². The number of amides is 1. The quantitative estimate of drug-likeness (QED) is 0.730. The highest BCUT2D eigenvalue weighted by molar-refractivity contribution is 5.81. The third-order valence-corrected chi connectivity index (χ3v) is 5.97. The number of carbonyl (C=O) groups excluding carboxylic acids is 1. The molecule has 5 rings (SSSR count). The summed E-state index contributed by atoms with van der Waals surface area (Å²) in [5.41, 5.74) is 3.00.